The number of nitrogens with zero attached hydrogens (tertiary/aromatic N) is 2. The zero-order valence-electron chi connectivity index (χ0n) is 19.7. The summed E-state index contributed by atoms with van der Waals surface area (Å²) in [5.41, 5.74) is 1.14. The number of amides is 2. The maximum absolute atomic E-state index is 12.7. The number of unbranched alkanes of at least 4 members (excludes halogenated alkanes) is 1. The average molecular weight is 443 g/mol. The summed E-state index contributed by atoms with van der Waals surface area (Å²) >= 11 is 0. The molecule has 6 nitrogen and oxygen atoms in total. The normalized spacial score (nSPS) is 22.3. The van der Waals surface area contributed by atoms with Gasteiger partial charge in [-0.2, -0.15) is 0 Å². The maximum Gasteiger partial charge on any atom is 0.229 e. The Kier molecular flexibility index (Phi) is 7.39. The lowest BCUT2D eigenvalue weighted by molar-refractivity contribution is -0.153. The Bertz CT molecular complexity index is 784. The second kappa shape index (κ2) is 10.2. The zero-order valence-corrected chi connectivity index (χ0v) is 19.7. The van der Waals surface area contributed by atoms with Crippen LogP contribution < -0.4 is 9.47 Å². The van der Waals surface area contributed by atoms with Gasteiger partial charge in [0.15, 0.2) is 0 Å². The molecule has 0 N–H and O–H groups in total. The van der Waals surface area contributed by atoms with Gasteiger partial charge in [-0.1, -0.05) is 25.8 Å². The molecule has 1 aliphatic carbocycles. The van der Waals surface area contributed by atoms with Crippen LogP contribution in [0.15, 0.2) is 18.2 Å². The van der Waals surface area contributed by atoms with E-state index in [1.165, 1.54) is 0 Å². The predicted octanol–water partition coefficient (Wildman–Crippen LogP) is 4.20. The highest BCUT2D eigenvalue weighted by Crippen LogP contribution is 2.46. The predicted molar refractivity (Wildman–Crippen MR) is 124 cm³/mol. The molecule has 2 amide bonds. The van der Waals surface area contributed by atoms with Crippen LogP contribution in [0.4, 0.5) is 0 Å². The Morgan fingerprint density at radius 3 is 2.56 bits per heavy atom. The fourth-order valence-corrected chi connectivity index (χ4v) is 5.90. The molecule has 3 aliphatic rings. The van der Waals surface area contributed by atoms with Crippen LogP contribution in [0.2, 0.25) is 0 Å². The van der Waals surface area contributed by atoms with Crippen LogP contribution in [0.25, 0.3) is 0 Å². The monoisotopic (exact) mass is 442 g/mol. The molecule has 1 atom stereocenters. The van der Waals surface area contributed by atoms with Crippen LogP contribution in [0.3, 0.4) is 0 Å². The van der Waals surface area contributed by atoms with Gasteiger partial charge >= 0.3 is 0 Å². The third-order valence-corrected chi connectivity index (χ3v) is 7.60. The van der Waals surface area contributed by atoms with Crippen molar-refractivity contribution in [3.63, 3.8) is 0 Å². The standard InChI is InChI=1S/C26H38N2O4/c1-3-13-27(20-16-21-22(31-2)9-8-10-23(21)32-19-20)14-6-7-15-28-24(29)17-26(18-25(28)30)11-4-5-12-26/h8-10,20H,3-7,11-19H2,1-2H3/t20-/m0/s1. The first-order valence-corrected chi connectivity index (χ1v) is 12.4. The molecule has 2 heterocycles. The Labute approximate surface area is 192 Å². The number of methoxy groups -OCH3 is 1. The third kappa shape index (κ3) is 4.95. The van der Waals surface area contributed by atoms with Crippen LogP contribution in [0.1, 0.15) is 70.3 Å². The van der Waals surface area contributed by atoms with Gasteiger partial charge in [0.1, 0.15) is 18.1 Å². The number of carbonyl (C=O) groups excluding carboxylic acids is 2. The van der Waals surface area contributed by atoms with Crippen molar-refractivity contribution in [1.29, 1.82) is 0 Å². The van der Waals surface area contributed by atoms with E-state index in [2.05, 4.69) is 11.8 Å². The molecule has 6 heteroatoms. The third-order valence-electron chi connectivity index (χ3n) is 7.60. The van der Waals surface area contributed by atoms with E-state index >= 15 is 0 Å². The van der Waals surface area contributed by atoms with Crippen molar-refractivity contribution in [2.24, 2.45) is 5.41 Å². The SMILES string of the molecule is CCCN(CCCCN1C(=O)CC2(CCCC2)CC1=O)[C@@H]1COc2cccc(OC)c2C1. The largest absolute Gasteiger partial charge is 0.496 e. The summed E-state index contributed by atoms with van der Waals surface area (Å²) in [6, 6.07) is 6.30. The molecular formula is C26H38N2O4. The molecule has 1 aromatic carbocycles. The number of imide groups is 1. The van der Waals surface area contributed by atoms with Gasteiger partial charge in [0.25, 0.3) is 0 Å². The molecule has 1 saturated heterocycles. The molecule has 1 spiro atoms. The van der Waals surface area contributed by atoms with Gasteiger partial charge in [0.05, 0.1) is 7.11 Å². The van der Waals surface area contributed by atoms with Crippen molar-refractivity contribution in [3.05, 3.63) is 23.8 Å². The van der Waals surface area contributed by atoms with Crippen molar-refractivity contribution >= 4 is 11.8 Å². The van der Waals surface area contributed by atoms with Crippen molar-refractivity contribution in [3.8, 4) is 11.5 Å². The summed E-state index contributed by atoms with van der Waals surface area (Å²) in [5.74, 6) is 1.93. The number of rotatable bonds is 9. The van der Waals surface area contributed by atoms with Crippen LogP contribution in [-0.4, -0.2) is 61.0 Å². The molecule has 176 valence electrons. The van der Waals surface area contributed by atoms with Gasteiger partial charge in [-0.25, -0.2) is 0 Å². The summed E-state index contributed by atoms with van der Waals surface area (Å²) in [5, 5.41) is 0. The molecule has 0 radical (unpaired) electrons. The van der Waals surface area contributed by atoms with Gasteiger partial charge in [-0.3, -0.25) is 19.4 Å². The summed E-state index contributed by atoms with van der Waals surface area (Å²) < 4.78 is 11.6. The first-order valence-electron chi connectivity index (χ1n) is 12.4. The van der Waals surface area contributed by atoms with Gasteiger partial charge in [0, 0.05) is 31.0 Å². The number of ether oxygens (including phenoxy) is 2. The Hall–Kier alpha value is -2.08. The minimum atomic E-state index is -0.0130. The first-order chi connectivity index (χ1) is 15.5. The van der Waals surface area contributed by atoms with E-state index in [1.54, 1.807) is 12.0 Å². The second-order valence-electron chi connectivity index (χ2n) is 9.85. The van der Waals surface area contributed by atoms with Gasteiger partial charge in [-0.05, 0) is 69.2 Å². The van der Waals surface area contributed by atoms with E-state index in [1.807, 2.05) is 18.2 Å². The number of likely N-dealkylation sites (tertiary alicyclic amines) is 1. The van der Waals surface area contributed by atoms with Crippen LogP contribution >= 0.6 is 0 Å². The van der Waals surface area contributed by atoms with Crippen LogP contribution in [0.5, 0.6) is 11.5 Å². The highest BCUT2D eigenvalue weighted by molar-refractivity contribution is 5.98. The van der Waals surface area contributed by atoms with Crippen molar-refractivity contribution < 1.29 is 19.1 Å². The average Bonchev–Trinajstić information content (AvgIpc) is 3.23. The van der Waals surface area contributed by atoms with Crippen molar-refractivity contribution in [2.75, 3.05) is 33.4 Å². The minimum Gasteiger partial charge on any atom is -0.496 e. The zero-order chi connectivity index (χ0) is 22.6. The second-order valence-corrected chi connectivity index (χ2v) is 9.85. The Morgan fingerprint density at radius 1 is 1.12 bits per heavy atom. The van der Waals surface area contributed by atoms with Gasteiger partial charge < -0.3 is 9.47 Å². The van der Waals surface area contributed by atoms with Crippen LogP contribution in [-0.2, 0) is 16.0 Å². The fourth-order valence-electron chi connectivity index (χ4n) is 5.90. The fraction of sp³-hybridized carbons (Fsp3) is 0.692. The summed E-state index contributed by atoms with van der Waals surface area (Å²) in [4.78, 5) is 29.4. The number of fused-ring (bicyclic) bond motifs is 1. The molecule has 1 aromatic rings. The lowest BCUT2D eigenvalue weighted by Gasteiger charge is -2.37. The molecule has 32 heavy (non-hydrogen) atoms. The van der Waals surface area contributed by atoms with E-state index in [0.717, 1.165) is 81.5 Å². The van der Waals surface area contributed by atoms with E-state index < -0.39 is 0 Å². The molecule has 4 rings (SSSR count). The Morgan fingerprint density at radius 2 is 1.88 bits per heavy atom. The number of benzene rings is 1. The smallest absolute Gasteiger partial charge is 0.229 e. The molecule has 2 aliphatic heterocycles. The maximum atomic E-state index is 12.7. The summed E-state index contributed by atoms with van der Waals surface area (Å²) in [6.45, 7) is 5.42. The summed E-state index contributed by atoms with van der Waals surface area (Å²) in [6.07, 6.45) is 9.39. The van der Waals surface area contributed by atoms with E-state index in [-0.39, 0.29) is 17.2 Å². The number of carbonyl (C=O) groups is 2. The molecule has 1 saturated carbocycles. The molecule has 0 unspecified atom stereocenters. The van der Waals surface area contributed by atoms with E-state index in [9.17, 15) is 9.59 Å². The van der Waals surface area contributed by atoms with Gasteiger partial charge in [0.2, 0.25) is 11.8 Å². The highest BCUT2D eigenvalue weighted by Gasteiger charge is 2.44. The van der Waals surface area contributed by atoms with Crippen molar-refractivity contribution in [2.45, 2.75) is 77.2 Å². The van der Waals surface area contributed by atoms with Crippen molar-refractivity contribution in [1.82, 2.24) is 9.80 Å². The molecule has 0 aromatic heterocycles. The summed E-state index contributed by atoms with van der Waals surface area (Å²) in [7, 11) is 1.71. The minimum absolute atomic E-state index is 0.0130. The molecular weight excluding hydrogens is 404 g/mol. The first kappa shape index (κ1) is 23.1. The quantitative estimate of drug-likeness (QED) is 0.424. The number of hydrogen-bond acceptors (Lipinski definition) is 5. The highest BCUT2D eigenvalue weighted by atomic mass is 16.5. The van der Waals surface area contributed by atoms with Crippen LogP contribution in [0, 0.1) is 5.41 Å². The van der Waals surface area contributed by atoms with E-state index in [0.29, 0.717) is 32.0 Å². The lowest BCUT2D eigenvalue weighted by atomic mass is 9.76. The molecule has 2 fully saturated rings. The number of hydrogen-bond donors (Lipinski definition) is 0. The van der Waals surface area contributed by atoms with Gasteiger partial charge in [-0.15, -0.1) is 0 Å². The topological polar surface area (TPSA) is 59.1 Å². The molecule has 0 bridgehead atoms. The number of piperidine rings is 1. The lowest BCUT2D eigenvalue weighted by Crippen LogP contribution is -2.47. The van der Waals surface area contributed by atoms with E-state index in [4.69, 9.17) is 9.47 Å². The Balaban J connectivity index is 1.28.